The molecular weight excluding hydrogens is 232 g/mol. The predicted octanol–water partition coefficient (Wildman–Crippen LogP) is 2.65. The molecule has 3 unspecified atom stereocenters. The van der Waals surface area contributed by atoms with E-state index < -0.39 is 5.60 Å². The van der Waals surface area contributed by atoms with E-state index in [9.17, 15) is 5.11 Å². The largest absolute Gasteiger partial charge is 0.389 e. The smallest absolute Gasteiger partial charge is 0.0804 e. The summed E-state index contributed by atoms with van der Waals surface area (Å²) in [6, 6.07) is 2.48. The number of hydrogen-bond donors (Lipinski definition) is 1. The van der Waals surface area contributed by atoms with Crippen LogP contribution in [0.3, 0.4) is 0 Å². The highest BCUT2D eigenvalue weighted by Crippen LogP contribution is 2.36. The minimum absolute atomic E-state index is 0.440. The fourth-order valence-corrected chi connectivity index (χ4v) is 3.56. The van der Waals surface area contributed by atoms with Crippen molar-refractivity contribution >= 4 is 11.8 Å². The third-order valence-electron chi connectivity index (χ3n) is 3.52. The minimum atomic E-state index is -0.543. The topological polar surface area (TPSA) is 38.0 Å². The molecule has 1 N–H and O–H groups in total. The van der Waals surface area contributed by atoms with Crippen molar-refractivity contribution in [2.24, 2.45) is 0 Å². The van der Waals surface area contributed by atoms with E-state index in [1.807, 2.05) is 28.7 Å². The van der Waals surface area contributed by atoms with Crippen LogP contribution in [0.2, 0.25) is 0 Å². The third kappa shape index (κ3) is 3.05. The molecule has 3 nitrogen and oxygen atoms in total. The Morgan fingerprint density at radius 3 is 3.06 bits per heavy atom. The first-order valence-corrected chi connectivity index (χ1v) is 7.45. The summed E-state index contributed by atoms with van der Waals surface area (Å²) in [6.45, 7) is 6.51. The molecule has 0 bridgehead atoms. The quantitative estimate of drug-likeness (QED) is 0.897. The van der Waals surface area contributed by atoms with Gasteiger partial charge in [-0.25, -0.2) is 0 Å². The van der Waals surface area contributed by atoms with Crippen LogP contribution in [0, 0.1) is 0 Å². The van der Waals surface area contributed by atoms with Gasteiger partial charge in [-0.1, -0.05) is 13.8 Å². The second-order valence-corrected chi connectivity index (χ2v) is 6.70. The lowest BCUT2D eigenvalue weighted by molar-refractivity contribution is 0.0630. The molecule has 0 radical (unpaired) electrons. The van der Waals surface area contributed by atoms with Crippen molar-refractivity contribution in [3.8, 4) is 0 Å². The van der Waals surface area contributed by atoms with E-state index in [1.54, 1.807) is 0 Å². The Morgan fingerprint density at radius 1 is 1.71 bits per heavy atom. The van der Waals surface area contributed by atoms with Crippen LogP contribution in [0.5, 0.6) is 0 Å². The summed E-state index contributed by atoms with van der Waals surface area (Å²) in [5, 5.41) is 15.6. The summed E-state index contributed by atoms with van der Waals surface area (Å²) in [5.74, 6) is 0.838. The maximum atomic E-state index is 10.5. The molecule has 1 aromatic heterocycles. The number of aliphatic hydroxyl groups is 1. The fraction of sp³-hybridized carbons (Fsp3) is 0.769. The average Bonchev–Trinajstić information content (AvgIpc) is 2.85. The Kier molecular flexibility index (Phi) is 3.83. The van der Waals surface area contributed by atoms with Crippen LogP contribution in [-0.4, -0.2) is 31.5 Å². The zero-order valence-electron chi connectivity index (χ0n) is 10.9. The van der Waals surface area contributed by atoms with Crippen molar-refractivity contribution in [3.05, 3.63) is 18.0 Å². The molecule has 1 fully saturated rings. The van der Waals surface area contributed by atoms with Gasteiger partial charge in [0, 0.05) is 29.7 Å². The van der Waals surface area contributed by atoms with Crippen molar-refractivity contribution in [3.63, 3.8) is 0 Å². The lowest BCUT2D eigenvalue weighted by Gasteiger charge is -2.20. The Hall–Kier alpha value is -0.480. The SMILES string of the molecule is CCC(C)n1ccc(CC2(O)CSC(C)C2)n1. The summed E-state index contributed by atoms with van der Waals surface area (Å²) in [6.07, 6.45) is 4.68. The Balaban J connectivity index is 2.02. The second-order valence-electron chi connectivity index (χ2n) is 5.27. The molecule has 0 saturated carbocycles. The normalized spacial score (nSPS) is 30.7. The first-order valence-electron chi connectivity index (χ1n) is 6.40. The van der Waals surface area contributed by atoms with Crippen molar-refractivity contribution in [1.29, 1.82) is 0 Å². The summed E-state index contributed by atoms with van der Waals surface area (Å²) >= 11 is 1.86. The van der Waals surface area contributed by atoms with Crippen molar-refractivity contribution in [2.75, 3.05) is 5.75 Å². The molecular formula is C13H22N2OS. The van der Waals surface area contributed by atoms with E-state index in [-0.39, 0.29) is 0 Å². The van der Waals surface area contributed by atoms with Crippen molar-refractivity contribution in [1.82, 2.24) is 9.78 Å². The number of rotatable bonds is 4. The van der Waals surface area contributed by atoms with Gasteiger partial charge in [-0.15, -0.1) is 0 Å². The zero-order chi connectivity index (χ0) is 12.5. The van der Waals surface area contributed by atoms with Crippen molar-refractivity contribution < 1.29 is 5.11 Å². The van der Waals surface area contributed by atoms with E-state index in [4.69, 9.17) is 0 Å². The molecule has 1 aromatic rings. The summed E-state index contributed by atoms with van der Waals surface area (Å²) < 4.78 is 2.00. The lowest BCUT2D eigenvalue weighted by Crippen LogP contribution is -2.31. The molecule has 2 heterocycles. The Bertz CT molecular complexity index is 379. The zero-order valence-corrected chi connectivity index (χ0v) is 11.7. The molecule has 2 rings (SSSR count). The number of thioether (sulfide) groups is 1. The highest BCUT2D eigenvalue weighted by Gasteiger charge is 2.36. The fourth-order valence-electron chi connectivity index (χ4n) is 2.31. The molecule has 0 spiro atoms. The maximum Gasteiger partial charge on any atom is 0.0804 e. The van der Waals surface area contributed by atoms with E-state index >= 15 is 0 Å². The minimum Gasteiger partial charge on any atom is -0.389 e. The van der Waals surface area contributed by atoms with Gasteiger partial charge in [0.05, 0.1) is 11.3 Å². The molecule has 0 amide bonds. The molecule has 1 saturated heterocycles. The molecule has 1 aliphatic rings. The van der Waals surface area contributed by atoms with Crippen LogP contribution in [0.4, 0.5) is 0 Å². The molecule has 3 atom stereocenters. The summed E-state index contributed by atoms with van der Waals surface area (Å²) in [7, 11) is 0. The maximum absolute atomic E-state index is 10.5. The van der Waals surface area contributed by atoms with Crippen LogP contribution in [0.25, 0.3) is 0 Å². The predicted molar refractivity (Wildman–Crippen MR) is 72.4 cm³/mol. The molecule has 1 aliphatic heterocycles. The monoisotopic (exact) mass is 254 g/mol. The second kappa shape index (κ2) is 5.02. The molecule has 0 aromatic carbocycles. The number of hydrogen-bond acceptors (Lipinski definition) is 3. The van der Waals surface area contributed by atoms with Crippen LogP contribution in [-0.2, 0) is 6.42 Å². The molecule has 17 heavy (non-hydrogen) atoms. The van der Waals surface area contributed by atoms with Gasteiger partial charge < -0.3 is 5.11 Å². The van der Waals surface area contributed by atoms with E-state index in [1.165, 1.54) is 0 Å². The van der Waals surface area contributed by atoms with Gasteiger partial charge in [-0.2, -0.15) is 16.9 Å². The number of nitrogens with zero attached hydrogens (tertiary/aromatic N) is 2. The van der Waals surface area contributed by atoms with Gasteiger partial charge >= 0.3 is 0 Å². The van der Waals surface area contributed by atoms with E-state index in [0.29, 0.717) is 17.7 Å². The number of aromatic nitrogens is 2. The first kappa shape index (κ1) is 13.0. The van der Waals surface area contributed by atoms with Crippen LogP contribution in [0.15, 0.2) is 12.3 Å². The van der Waals surface area contributed by atoms with Gasteiger partial charge in [-0.05, 0) is 25.8 Å². The van der Waals surface area contributed by atoms with Crippen molar-refractivity contribution in [2.45, 2.75) is 56.9 Å². The van der Waals surface area contributed by atoms with Crippen LogP contribution >= 0.6 is 11.8 Å². The van der Waals surface area contributed by atoms with Gasteiger partial charge in [-0.3, -0.25) is 4.68 Å². The first-order chi connectivity index (χ1) is 8.02. The highest BCUT2D eigenvalue weighted by atomic mass is 32.2. The standard InChI is InChI=1S/C13H22N2OS/c1-4-10(2)15-6-5-12(14-15)8-13(16)7-11(3)17-9-13/h5-6,10-11,16H,4,7-9H2,1-3H3. The molecule has 4 heteroatoms. The third-order valence-corrected chi connectivity index (χ3v) is 4.96. The van der Waals surface area contributed by atoms with E-state index in [2.05, 4.69) is 25.9 Å². The van der Waals surface area contributed by atoms with Gasteiger partial charge in [0.15, 0.2) is 0 Å². The molecule has 96 valence electrons. The summed E-state index contributed by atoms with van der Waals surface area (Å²) in [5.41, 5.74) is 0.473. The Morgan fingerprint density at radius 2 is 2.47 bits per heavy atom. The van der Waals surface area contributed by atoms with Gasteiger partial charge in [0.1, 0.15) is 0 Å². The van der Waals surface area contributed by atoms with Crippen LogP contribution in [0.1, 0.15) is 45.3 Å². The van der Waals surface area contributed by atoms with E-state index in [0.717, 1.165) is 24.3 Å². The molecule has 0 aliphatic carbocycles. The lowest BCUT2D eigenvalue weighted by atomic mass is 9.95. The highest BCUT2D eigenvalue weighted by molar-refractivity contribution is 8.00. The Labute approximate surface area is 108 Å². The van der Waals surface area contributed by atoms with Crippen LogP contribution < -0.4 is 0 Å². The van der Waals surface area contributed by atoms with Gasteiger partial charge in [0.2, 0.25) is 0 Å². The van der Waals surface area contributed by atoms with Gasteiger partial charge in [0.25, 0.3) is 0 Å². The summed E-state index contributed by atoms with van der Waals surface area (Å²) in [4.78, 5) is 0. The average molecular weight is 254 g/mol.